The van der Waals surface area contributed by atoms with Gasteiger partial charge in [-0.2, -0.15) is 10.1 Å². The Hall–Kier alpha value is -3.17. The summed E-state index contributed by atoms with van der Waals surface area (Å²) < 4.78 is 1.60. The van der Waals surface area contributed by atoms with Gasteiger partial charge in [0.1, 0.15) is 11.1 Å². The van der Waals surface area contributed by atoms with Gasteiger partial charge >= 0.3 is 0 Å². The van der Waals surface area contributed by atoms with Crippen LogP contribution < -0.4 is 10.6 Å². The van der Waals surface area contributed by atoms with Gasteiger partial charge in [0.2, 0.25) is 11.9 Å². The van der Waals surface area contributed by atoms with Crippen molar-refractivity contribution in [1.82, 2.24) is 24.6 Å². The van der Waals surface area contributed by atoms with E-state index in [-0.39, 0.29) is 12.5 Å². The number of hydrogen-bond donors (Lipinski definition) is 3. The predicted octanol–water partition coefficient (Wildman–Crippen LogP) is 2.30. The fraction of sp³-hybridized carbons (Fsp3) is 0.263. The van der Waals surface area contributed by atoms with E-state index in [4.69, 9.17) is 16.7 Å². The molecule has 3 rings (SSSR count). The highest BCUT2D eigenvalue weighted by Crippen LogP contribution is 2.26. The zero-order valence-corrected chi connectivity index (χ0v) is 16.8. The maximum absolute atomic E-state index is 12.7. The summed E-state index contributed by atoms with van der Waals surface area (Å²) in [5, 5.41) is 19.6. The van der Waals surface area contributed by atoms with Crippen LogP contribution in [0, 0.1) is 0 Å². The molecule has 3 aromatic rings. The monoisotopic (exact) mass is 415 g/mol. The van der Waals surface area contributed by atoms with E-state index in [0.29, 0.717) is 29.0 Å². The molecule has 0 aliphatic rings. The number of anilines is 3. The molecule has 0 radical (unpaired) electrons. The summed E-state index contributed by atoms with van der Waals surface area (Å²) in [6, 6.07) is 8.69. The molecule has 3 N–H and O–H groups in total. The minimum Gasteiger partial charge on any atom is -0.394 e. The average Bonchev–Trinajstić information content (AvgIpc) is 3.15. The molecule has 0 unspecified atom stereocenters. The lowest BCUT2D eigenvalue weighted by Gasteiger charge is -2.23. The number of nitrogens with one attached hydrogen (secondary N) is 2. The second-order valence-electron chi connectivity index (χ2n) is 6.45. The first-order chi connectivity index (χ1) is 14.0. The number of aromatic nitrogens is 4. The first-order valence-electron chi connectivity index (χ1n) is 8.93. The Balaban J connectivity index is 1.84. The lowest BCUT2D eigenvalue weighted by molar-refractivity contribution is -0.129. The number of carbonyl (C=O) groups is 1. The van der Waals surface area contributed by atoms with Crippen molar-refractivity contribution in [3.63, 3.8) is 0 Å². The van der Waals surface area contributed by atoms with Crippen LogP contribution in [-0.4, -0.2) is 56.4 Å². The number of rotatable bonds is 8. The van der Waals surface area contributed by atoms with Crippen LogP contribution >= 0.6 is 11.6 Å². The topological polar surface area (TPSA) is 108 Å². The largest absolute Gasteiger partial charge is 0.394 e. The molecule has 152 valence electrons. The van der Waals surface area contributed by atoms with Gasteiger partial charge in [0.15, 0.2) is 5.82 Å². The number of halogens is 1. The molecule has 2 heterocycles. The highest BCUT2D eigenvalue weighted by atomic mass is 35.5. The number of likely N-dealkylation sites (N-methyl/N-ethyl adjacent to an activating group) is 1. The van der Waals surface area contributed by atoms with Crippen LogP contribution in [-0.2, 0) is 11.3 Å². The number of aliphatic hydroxyl groups is 1. The lowest BCUT2D eigenvalue weighted by Crippen LogP contribution is -2.33. The van der Waals surface area contributed by atoms with Crippen molar-refractivity contribution < 1.29 is 9.90 Å². The molecule has 0 aliphatic carbocycles. The van der Waals surface area contributed by atoms with E-state index >= 15 is 0 Å². The fourth-order valence-electron chi connectivity index (χ4n) is 2.64. The van der Waals surface area contributed by atoms with E-state index in [1.165, 1.54) is 11.1 Å². The zero-order valence-electron chi connectivity index (χ0n) is 16.1. The van der Waals surface area contributed by atoms with Crippen LogP contribution in [0.3, 0.4) is 0 Å². The molecule has 0 spiro atoms. The normalized spacial score (nSPS) is 11.7. The van der Waals surface area contributed by atoms with Crippen LogP contribution in [0.15, 0.2) is 48.9 Å². The molecule has 29 heavy (non-hydrogen) atoms. The second-order valence-corrected chi connectivity index (χ2v) is 6.86. The Bertz CT molecular complexity index is 962. The number of nitrogens with zero attached hydrogens (tertiary/aromatic N) is 5. The molecule has 0 bridgehead atoms. The third-order valence-electron chi connectivity index (χ3n) is 4.06. The maximum atomic E-state index is 12.7. The van der Waals surface area contributed by atoms with Crippen molar-refractivity contribution in [3.8, 4) is 0 Å². The summed E-state index contributed by atoms with van der Waals surface area (Å²) in [6.07, 6.45) is 4.78. The Morgan fingerprint density at radius 2 is 2.03 bits per heavy atom. The van der Waals surface area contributed by atoms with E-state index < -0.39 is 6.04 Å². The number of aliphatic hydroxyl groups excluding tert-OH is 1. The van der Waals surface area contributed by atoms with Gasteiger partial charge in [-0.05, 0) is 5.56 Å². The van der Waals surface area contributed by atoms with Gasteiger partial charge < -0.3 is 20.6 Å². The Kier molecular flexibility index (Phi) is 6.63. The van der Waals surface area contributed by atoms with Crippen molar-refractivity contribution in [3.05, 3.63) is 59.5 Å². The highest BCUT2D eigenvalue weighted by molar-refractivity contribution is 6.32. The molecule has 1 aromatic carbocycles. The summed E-state index contributed by atoms with van der Waals surface area (Å²) in [5.41, 5.74) is 1.45. The third kappa shape index (κ3) is 5.21. The molecule has 0 fully saturated rings. The number of carbonyl (C=O) groups excluding carboxylic acids is 1. The summed E-state index contributed by atoms with van der Waals surface area (Å²) >= 11 is 6.28. The van der Waals surface area contributed by atoms with Crippen LogP contribution in [0.25, 0.3) is 0 Å². The lowest BCUT2D eigenvalue weighted by atomic mass is 10.1. The molecule has 0 saturated heterocycles. The van der Waals surface area contributed by atoms with Crippen LogP contribution in [0.4, 0.5) is 17.5 Å². The molecule has 0 aliphatic heterocycles. The van der Waals surface area contributed by atoms with Crippen LogP contribution in [0.2, 0.25) is 5.02 Å². The van der Waals surface area contributed by atoms with Gasteiger partial charge in [-0.15, -0.1) is 0 Å². The molecule has 9 nitrogen and oxygen atoms in total. The minimum atomic E-state index is -0.654. The van der Waals surface area contributed by atoms with Crippen molar-refractivity contribution >= 4 is 35.0 Å². The van der Waals surface area contributed by atoms with Crippen molar-refractivity contribution in [2.75, 3.05) is 31.3 Å². The molecule has 1 amide bonds. The minimum absolute atomic E-state index is 0.00654. The number of benzene rings is 1. The van der Waals surface area contributed by atoms with Crippen molar-refractivity contribution in [1.29, 1.82) is 0 Å². The zero-order chi connectivity index (χ0) is 20.8. The number of hydrogen-bond acceptors (Lipinski definition) is 7. The summed E-state index contributed by atoms with van der Waals surface area (Å²) in [4.78, 5) is 22.8. The molecule has 10 heteroatoms. The summed E-state index contributed by atoms with van der Waals surface area (Å²) in [7, 11) is 3.39. The van der Waals surface area contributed by atoms with Crippen molar-refractivity contribution in [2.45, 2.75) is 12.6 Å². The first-order valence-corrected chi connectivity index (χ1v) is 9.31. The maximum Gasteiger partial charge on any atom is 0.249 e. The fourth-order valence-corrected chi connectivity index (χ4v) is 2.78. The molecule has 0 saturated carbocycles. The Morgan fingerprint density at radius 3 is 2.72 bits per heavy atom. The third-order valence-corrected chi connectivity index (χ3v) is 4.34. The molecular weight excluding hydrogens is 394 g/mol. The highest BCUT2D eigenvalue weighted by Gasteiger charge is 2.23. The quantitative estimate of drug-likeness (QED) is 0.518. The smallest absolute Gasteiger partial charge is 0.249 e. The Morgan fingerprint density at radius 1 is 1.28 bits per heavy atom. The Labute approximate surface area is 173 Å². The van der Waals surface area contributed by atoms with Crippen LogP contribution in [0.5, 0.6) is 0 Å². The van der Waals surface area contributed by atoms with Gasteiger partial charge in [-0.1, -0.05) is 41.9 Å². The van der Waals surface area contributed by atoms with E-state index in [9.17, 15) is 4.79 Å². The predicted molar refractivity (Wildman–Crippen MR) is 111 cm³/mol. The average molecular weight is 416 g/mol. The molecule has 2 aromatic heterocycles. The summed E-state index contributed by atoms with van der Waals surface area (Å²) in [6.45, 7) is 0.384. The van der Waals surface area contributed by atoms with E-state index in [0.717, 1.165) is 5.56 Å². The first kappa shape index (κ1) is 20.6. The second kappa shape index (κ2) is 9.35. The number of amides is 1. The van der Waals surface area contributed by atoms with Gasteiger partial charge in [0.25, 0.3) is 0 Å². The molecule has 1 atom stereocenters. The van der Waals surface area contributed by atoms with Crippen LogP contribution in [0.1, 0.15) is 11.6 Å². The standard InChI is InChI=1S/C19H22ClN7O2/c1-26(2)18(29)16(13-6-4-3-5-7-13)24-17-15(20)11-21-19(25-17)23-14-10-22-27(12-14)8-9-28/h3-7,10-12,16,28H,8-9H2,1-2H3,(H2,21,23,24,25)/t16-/m0/s1. The van der Waals surface area contributed by atoms with Gasteiger partial charge in [-0.25, -0.2) is 4.98 Å². The summed E-state index contributed by atoms with van der Waals surface area (Å²) in [5.74, 6) is 0.492. The van der Waals surface area contributed by atoms with E-state index in [1.807, 2.05) is 30.3 Å². The SMILES string of the molecule is CN(C)C(=O)[C@@H](Nc1nc(Nc2cnn(CCO)c2)ncc1Cl)c1ccccc1. The van der Waals surface area contributed by atoms with E-state index in [2.05, 4.69) is 25.7 Å². The van der Waals surface area contributed by atoms with Gasteiger partial charge in [-0.3, -0.25) is 9.48 Å². The van der Waals surface area contributed by atoms with E-state index in [1.54, 1.807) is 31.2 Å². The van der Waals surface area contributed by atoms with Gasteiger partial charge in [0.05, 0.1) is 31.2 Å². The van der Waals surface area contributed by atoms with Gasteiger partial charge in [0, 0.05) is 20.3 Å². The molecular formula is C19H22ClN7O2. The van der Waals surface area contributed by atoms with Crippen molar-refractivity contribution in [2.24, 2.45) is 0 Å².